The summed E-state index contributed by atoms with van der Waals surface area (Å²) in [5.41, 5.74) is 2.69. The molecule has 4 nitrogen and oxygen atoms in total. The van der Waals surface area contributed by atoms with Gasteiger partial charge in [-0.2, -0.15) is 0 Å². The number of fused-ring (bicyclic) bond motifs is 2. The summed E-state index contributed by atoms with van der Waals surface area (Å²) in [6.45, 7) is 8.15. The Bertz CT molecular complexity index is 773. The van der Waals surface area contributed by atoms with Crippen molar-refractivity contribution in [2.45, 2.75) is 26.3 Å². The van der Waals surface area contributed by atoms with E-state index < -0.39 is 5.54 Å². The van der Waals surface area contributed by atoms with Gasteiger partial charge in [-0.25, -0.2) is 0 Å². The largest absolute Gasteiger partial charge is 0.347 e. The van der Waals surface area contributed by atoms with Crippen molar-refractivity contribution in [3.8, 4) is 0 Å². The Hall–Kier alpha value is -1.94. The van der Waals surface area contributed by atoms with Crippen molar-refractivity contribution in [3.05, 3.63) is 41.6 Å². The maximum absolute atomic E-state index is 12.7. The highest BCUT2D eigenvalue weighted by Crippen LogP contribution is 2.49. The van der Waals surface area contributed by atoms with Gasteiger partial charge in [-0.05, 0) is 63.4 Å². The minimum Gasteiger partial charge on any atom is -0.347 e. The number of nitrogens with zero attached hydrogens (tertiary/aromatic N) is 1. The van der Waals surface area contributed by atoms with Gasteiger partial charge in [0, 0.05) is 17.0 Å². The number of hydrogen-bond donors (Lipinski definition) is 2. The third-order valence-corrected chi connectivity index (χ3v) is 5.35. The molecule has 2 aliphatic rings. The lowest BCUT2D eigenvalue weighted by molar-refractivity contribution is -0.124. The number of pyridine rings is 1. The van der Waals surface area contributed by atoms with Crippen molar-refractivity contribution < 1.29 is 4.79 Å². The molecule has 4 heteroatoms. The molecule has 1 aliphatic heterocycles. The normalized spacial score (nSPS) is 26.1. The molecule has 1 unspecified atom stereocenters. The summed E-state index contributed by atoms with van der Waals surface area (Å²) in [7, 11) is 0. The Labute approximate surface area is 136 Å². The number of piperidine rings is 1. The van der Waals surface area contributed by atoms with Crippen molar-refractivity contribution >= 4 is 16.8 Å². The van der Waals surface area contributed by atoms with Crippen molar-refractivity contribution in [1.82, 2.24) is 15.6 Å². The van der Waals surface area contributed by atoms with Gasteiger partial charge in [0.1, 0.15) is 0 Å². The lowest BCUT2D eigenvalue weighted by Crippen LogP contribution is -2.43. The van der Waals surface area contributed by atoms with E-state index in [0.717, 1.165) is 35.2 Å². The second kappa shape index (κ2) is 5.03. The van der Waals surface area contributed by atoms with Crippen LogP contribution in [0.5, 0.6) is 0 Å². The number of carbonyl (C=O) groups excluding carboxylic acids is 1. The maximum Gasteiger partial charge on any atom is 0.224 e. The summed E-state index contributed by atoms with van der Waals surface area (Å²) in [5, 5.41) is 7.74. The van der Waals surface area contributed by atoms with E-state index in [2.05, 4.69) is 41.6 Å². The minimum absolute atomic E-state index is 0.199. The highest BCUT2D eigenvalue weighted by molar-refractivity contribution is 5.86. The zero-order chi connectivity index (χ0) is 16.2. The van der Waals surface area contributed by atoms with Gasteiger partial charge >= 0.3 is 0 Å². The quantitative estimate of drug-likeness (QED) is 0.915. The molecule has 2 aromatic rings. The number of hydrogen-bond acceptors (Lipinski definition) is 3. The van der Waals surface area contributed by atoms with E-state index in [-0.39, 0.29) is 11.8 Å². The number of carbonyl (C=O) groups is 1. The van der Waals surface area contributed by atoms with Crippen LogP contribution in [-0.2, 0) is 10.3 Å². The fraction of sp³-hybridized carbons (Fsp3) is 0.474. The average Bonchev–Trinajstić information content (AvgIpc) is 2.99. The van der Waals surface area contributed by atoms with Crippen LogP contribution < -0.4 is 10.6 Å². The zero-order valence-electron chi connectivity index (χ0n) is 13.9. The molecule has 1 aromatic carbocycles. The number of nitrogens with one attached hydrogen (secondary N) is 2. The smallest absolute Gasteiger partial charge is 0.224 e. The number of aromatic nitrogens is 1. The molecule has 3 atom stereocenters. The number of benzene rings is 1. The minimum atomic E-state index is -0.408. The van der Waals surface area contributed by atoms with Gasteiger partial charge < -0.3 is 10.6 Å². The average molecular weight is 309 g/mol. The van der Waals surface area contributed by atoms with Gasteiger partial charge in [-0.3, -0.25) is 9.78 Å². The predicted molar refractivity (Wildman–Crippen MR) is 91.0 cm³/mol. The third-order valence-electron chi connectivity index (χ3n) is 5.35. The highest BCUT2D eigenvalue weighted by atomic mass is 16.2. The standard InChI is InChI=1S/C19H23N3O/c1-11-8-15(12-6-4-5-7-16(12)21-11)19(2,3)22-18(23)17-13-9-20-10-14(13)17/h4-8,13-14,17,20H,9-10H2,1-3H3,(H,22,23)/t13-,14+,17?. The van der Waals surface area contributed by atoms with E-state index in [1.165, 1.54) is 0 Å². The van der Waals surface area contributed by atoms with Crippen LogP contribution in [0.4, 0.5) is 0 Å². The first-order valence-electron chi connectivity index (χ1n) is 8.37. The Balaban J connectivity index is 1.64. The zero-order valence-corrected chi connectivity index (χ0v) is 13.9. The Morgan fingerprint density at radius 2 is 1.96 bits per heavy atom. The van der Waals surface area contributed by atoms with E-state index in [0.29, 0.717) is 11.8 Å². The van der Waals surface area contributed by atoms with E-state index in [9.17, 15) is 4.79 Å². The van der Waals surface area contributed by atoms with Crippen LogP contribution in [0.15, 0.2) is 30.3 Å². The molecule has 4 rings (SSSR count). The molecule has 0 radical (unpaired) electrons. The molecule has 2 heterocycles. The van der Waals surface area contributed by atoms with Gasteiger partial charge in [0.2, 0.25) is 5.91 Å². The van der Waals surface area contributed by atoms with Crippen molar-refractivity contribution in [1.29, 1.82) is 0 Å². The molecule has 0 spiro atoms. The molecular weight excluding hydrogens is 286 g/mol. The fourth-order valence-corrected chi connectivity index (χ4v) is 4.09. The second-order valence-electron chi connectivity index (χ2n) is 7.45. The second-order valence-corrected chi connectivity index (χ2v) is 7.45. The Kier molecular flexibility index (Phi) is 3.20. The summed E-state index contributed by atoms with van der Waals surface area (Å²) >= 11 is 0. The summed E-state index contributed by atoms with van der Waals surface area (Å²) in [6.07, 6.45) is 0. The number of para-hydroxylation sites is 1. The molecule has 1 saturated heterocycles. The van der Waals surface area contributed by atoms with Crippen LogP contribution >= 0.6 is 0 Å². The first kappa shape index (κ1) is 14.6. The van der Waals surface area contributed by atoms with Gasteiger partial charge in [0.15, 0.2) is 0 Å². The van der Waals surface area contributed by atoms with E-state index in [1.807, 2.05) is 25.1 Å². The molecule has 1 aliphatic carbocycles. The van der Waals surface area contributed by atoms with Crippen molar-refractivity contribution in [2.75, 3.05) is 13.1 Å². The number of rotatable bonds is 3. The molecule has 2 N–H and O–H groups in total. The van der Waals surface area contributed by atoms with Crippen LogP contribution in [0.25, 0.3) is 10.9 Å². The molecule has 1 aromatic heterocycles. The van der Waals surface area contributed by atoms with Crippen LogP contribution in [0.3, 0.4) is 0 Å². The third kappa shape index (κ3) is 2.41. The summed E-state index contributed by atoms with van der Waals surface area (Å²) < 4.78 is 0. The van der Waals surface area contributed by atoms with Gasteiger partial charge in [0.25, 0.3) is 0 Å². The topological polar surface area (TPSA) is 54.0 Å². The van der Waals surface area contributed by atoms with Crippen molar-refractivity contribution in [3.63, 3.8) is 0 Å². The summed E-state index contributed by atoms with van der Waals surface area (Å²) in [4.78, 5) is 17.3. The molecule has 1 saturated carbocycles. The summed E-state index contributed by atoms with van der Waals surface area (Å²) in [5.74, 6) is 1.48. The van der Waals surface area contributed by atoms with Crippen molar-refractivity contribution in [2.24, 2.45) is 17.8 Å². The molecule has 1 amide bonds. The molecule has 2 fully saturated rings. The number of amides is 1. The highest BCUT2D eigenvalue weighted by Gasteiger charge is 2.57. The van der Waals surface area contributed by atoms with Gasteiger partial charge in [0.05, 0.1) is 11.1 Å². The fourth-order valence-electron chi connectivity index (χ4n) is 4.09. The predicted octanol–water partition coefficient (Wildman–Crippen LogP) is 2.36. The van der Waals surface area contributed by atoms with Gasteiger partial charge in [-0.1, -0.05) is 18.2 Å². The molecule has 120 valence electrons. The molecular formula is C19H23N3O. The van der Waals surface area contributed by atoms with E-state index in [1.54, 1.807) is 0 Å². The molecule has 0 bridgehead atoms. The maximum atomic E-state index is 12.7. The number of aryl methyl sites for hydroxylation is 1. The van der Waals surface area contributed by atoms with Crippen LogP contribution in [0, 0.1) is 24.7 Å². The summed E-state index contributed by atoms with van der Waals surface area (Å²) in [6, 6.07) is 10.2. The first-order valence-corrected chi connectivity index (χ1v) is 8.37. The Morgan fingerprint density at radius 1 is 1.26 bits per heavy atom. The lowest BCUT2D eigenvalue weighted by Gasteiger charge is -2.29. The van der Waals surface area contributed by atoms with Crippen LogP contribution in [-0.4, -0.2) is 24.0 Å². The monoisotopic (exact) mass is 309 g/mol. The SMILES string of the molecule is Cc1cc(C(C)(C)NC(=O)C2[C@H]3CNC[C@@H]23)c2ccccc2n1. The van der Waals surface area contributed by atoms with Crippen LogP contribution in [0.1, 0.15) is 25.1 Å². The lowest BCUT2D eigenvalue weighted by atomic mass is 9.90. The first-order chi connectivity index (χ1) is 11.0. The Morgan fingerprint density at radius 3 is 2.70 bits per heavy atom. The molecule has 23 heavy (non-hydrogen) atoms. The van der Waals surface area contributed by atoms with Gasteiger partial charge in [-0.15, -0.1) is 0 Å². The van der Waals surface area contributed by atoms with E-state index in [4.69, 9.17) is 0 Å². The van der Waals surface area contributed by atoms with E-state index >= 15 is 0 Å². The van der Waals surface area contributed by atoms with Crippen LogP contribution in [0.2, 0.25) is 0 Å².